The van der Waals surface area contributed by atoms with Gasteiger partial charge in [0.2, 0.25) is 0 Å². The molecule has 5 nitrogen and oxygen atoms in total. The van der Waals surface area contributed by atoms with Crippen LogP contribution in [0.5, 0.6) is 0 Å². The van der Waals surface area contributed by atoms with Crippen molar-refractivity contribution in [3.05, 3.63) is 20.9 Å². The number of H-pyrrole nitrogens is 2. The van der Waals surface area contributed by atoms with Crippen molar-refractivity contribution in [2.24, 2.45) is 0 Å². The van der Waals surface area contributed by atoms with Crippen LogP contribution in [0.25, 0.3) is 11.2 Å². The van der Waals surface area contributed by atoms with Crippen LogP contribution in [0.3, 0.4) is 0 Å². The van der Waals surface area contributed by atoms with E-state index in [1.807, 2.05) is 6.92 Å². The summed E-state index contributed by atoms with van der Waals surface area (Å²) in [6, 6.07) is 0. The van der Waals surface area contributed by atoms with Crippen molar-refractivity contribution < 1.29 is 0 Å². The highest BCUT2D eigenvalue weighted by molar-refractivity contribution is 7.71. The summed E-state index contributed by atoms with van der Waals surface area (Å²) in [6.07, 6.45) is 3.24. The van der Waals surface area contributed by atoms with E-state index in [-0.39, 0.29) is 5.69 Å². The van der Waals surface area contributed by atoms with E-state index in [4.69, 9.17) is 12.2 Å². The molecule has 2 N–H and O–H groups in total. The molecule has 0 unspecified atom stereocenters. The van der Waals surface area contributed by atoms with Gasteiger partial charge in [-0.3, -0.25) is 9.55 Å². The summed E-state index contributed by atoms with van der Waals surface area (Å²) in [5, 5.41) is 0. The Balaban J connectivity index is 2.30. The second-order valence-corrected chi connectivity index (χ2v) is 4.91. The number of nitrogens with zero attached hydrogens (tertiary/aromatic N) is 2. The van der Waals surface area contributed by atoms with Gasteiger partial charge in [0.25, 0.3) is 0 Å². The molecule has 1 fully saturated rings. The molecule has 0 spiro atoms. The lowest BCUT2D eigenvalue weighted by atomic mass is 10.4. The molecule has 0 saturated heterocycles. The number of hydrogen-bond donors (Lipinski definition) is 2. The largest absolute Gasteiger partial charge is 0.338 e. The number of nitrogens with one attached hydrogen (secondary N) is 2. The Labute approximate surface area is 103 Å². The normalized spacial score (nSPS) is 15.6. The number of hydrogen-bond acceptors (Lipinski definition) is 3. The summed E-state index contributed by atoms with van der Waals surface area (Å²) in [7, 11) is 0. The second kappa shape index (κ2) is 3.80. The second-order valence-electron chi connectivity index (χ2n) is 4.51. The lowest BCUT2D eigenvalue weighted by Gasteiger charge is -2.03. The fraction of sp³-hybridized carbons (Fsp3) is 0.545. The summed E-state index contributed by atoms with van der Waals surface area (Å²) in [6.45, 7) is 2.70. The molecule has 0 bridgehead atoms. The zero-order valence-electron chi connectivity index (χ0n) is 9.62. The van der Waals surface area contributed by atoms with E-state index < -0.39 is 0 Å². The lowest BCUT2D eigenvalue weighted by Crippen LogP contribution is -2.23. The molecule has 0 radical (unpaired) electrons. The van der Waals surface area contributed by atoms with Crippen LogP contribution in [0.1, 0.15) is 37.9 Å². The molecule has 1 saturated carbocycles. The Morgan fingerprint density at radius 1 is 1.47 bits per heavy atom. The van der Waals surface area contributed by atoms with Gasteiger partial charge in [0.1, 0.15) is 16.0 Å². The van der Waals surface area contributed by atoms with Crippen molar-refractivity contribution >= 4 is 23.4 Å². The first-order valence-corrected chi connectivity index (χ1v) is 6.34. The first-order chi connectivity index (χ1) is 8.20. The van der Waals surface area contributed by atoms with Crippen LogP contribution in [-0.2, 0) is 6.54 Å². The first kappa shape index (κ1) is 10.7. The minimum atomic E-state index is -0.168. The average Bonchev–Trinajstić information content (AvgIpc) is 3.04. The van der Waals surface area contributed by atoms with Gasteiger partial charge in [-0.05, 0) is 19.3 Å². The molecule has 2 aromatic heterocycles. The molecule has 0 aliphatic heterocycles. The molecule has 90 valence electrons. The minimum Gasteiger partial charge on any atom is -0.338 e. The Bertz CT molecular complexity index is 677. The fourth-order valence-electron chi connectivity index (χ4n) is 2.04. The predicted molar refractivity (Wildman–Crippen MR) is 67.8 cm³/mol. The van der Waals surface area contributed by atoms with Crippen LogP contribution >= 0.6 is 12.2 Å². The molecule has 17 heavy (non-hydrogen) atoms. The summed E-state index contributed by atoms with van der Waals surface area (Å²) in [5.41, 5.74) is 1.32. The van der Waals surface area contributed by atoms with Crippen molar-refractivity contribution in [3.63, 3.8) is 0 Å². The van der Waals surface area contributed by atoms with E-state index in [2.05, 4.69) is 15.0 Å². The Morgan fingerprint density at radius 3 is 2.88 bits per heavy atom. The van der Waals surface area contributed by atoms with Gasteiger partial charge < -0.3 is 4.98 Å². The van der Waals surface area contributed by atoms with E-state index >= 15 is 0 Å². The molecule has 2 heterocycles. The lowest BCUT2D eigenvalue weighted by molar-refractivity contribution is 0.653. The predicted octanol–water partition coefficient (Wildman–Crippen LogP) is 2.07. The van der Waals surface area contributed by atoms with Gasteiger partial charge in [-0.15, -0.1) is 0 Å². The molecule has 3 rings (SSSR count). The van der Waals surface area contributed by atoms with Crippen LogP contribution in [0, 0.1) is 4.64 Å². The van der Waals surface area contributed by atoms with Crippen molar-refractivity contribution in [2.45, 2.75) is 38.6 Å². The van der Waals surface area contributed by atoms with Gasteiger partial charge in [-0.25, -0.2) is 9.78 Å². The van der Waals surface area contributed by atoms with E-state index in [1.165, 1.54) is 12.8 Å². The number of aromatic nitrogens is 4. The fourth-order valence-corrected chi connectivity index (χ4v) is 2.27. The van der Waals surface area contributed by atoms with Crippen LogP contribution in [0.4, 0.5) is 0 Å². The third kappa shape index (κ3) is 1.72. The van der Waals surface area contributed by atoms with Gasteiger partial charge in [0, 0.05) is 12.5 Å². The maximum absolute atomic E-state index is 11.8. The highest BCUT2D eigenvalue weighted by Gasteiger charge is 2.27. The van der Waals surface area contributed by atoms with E-state index in [9.17, 15) is 4.79 Å². The van der Waals surface area contributed by atoms with E-state index in [0.29, 0.717) is 22.8 Å². The molecular weight excluding hydrogens is 236 g/mol. The van der Waals surface area contributed by atoms with Crippen molar-refractivity contribution in [2.75, 3.05) is 0 Å². The van der Waals surface area contributed by atoms with Crippen molar-refractivity contribution in [1.82, 2.24) is 19.5 Å². The van der Waals surface area contributed by atoms with E-state index in [0.717, 1.165) is 17.8 Å². The third-order valence-corrected chi connectivity index (χ3v) is 3.37. The highest BCUT2D eigenvalue weighted by atomic mass is 32.1. The Morgan fingerprint density at radius 2 is 2.24 bits per heavy atom. The topological polar surface area (TPSA) is 66.5 Å². The summed E-state index contributed by atoms with van der Waals surface area (Å²) in [5.74, 6) is 1.50. The van der Waals surface area contributed by atoms with Gasteiger partial charge in [0.05, 0.1) is 0 Å². The molecule has 1 aliphatic carbocycles. The third-order valence-electron chi connectivity index (χ3n) is 3.06. The molecule has 6 heteroatoms. The van der Waals surface area contributed by atoms with Gasteiger partial charge in [-0.2, -0.15) is 0 Å². The quantitative estimate of drug-likeness (QED) is 0.819. The van der Waals surface area contributed by atoms with Gasteiger partial charge in [0.15, 0.2) is 5.65 Å². The van der Waals surface area contributed by atoms with Gasteiger partial charge >= 0.3 is 5.69 Å². The highest BCUT2D eigenvalue weighted by Crippen LogP contribution is 2.38. The van der Waals surface area contributed by atoms with Gasteiger partial charge in [-0.1, -0.05) is 19.1 Å². The molecular formula is C11H14N4OS. The molecule has 1 aliphatic rings. The maximum atomic E-state index is 11.8. The summed E-state index contributed by atoms with van der Waals surface area (Å²) < 4.78 is 2.12. The summed E-state index contributed by atoms with van der Waals surface area (Å²) >= 11 is 5.17. The van der Waals surface area contributed by atoms with Crippen molar-refractivity contribution in [1.29, 1.82) is 0 Å². The first-order valence-electron chi connectivity index (χ1n) is 5.93. The number of aryl methyl sites for hydroxylation is 1. The number of aromatic amines is 2. The van der Waals surface area contributed by atoms with Crippen LogP contribution in [-0.4, -0.2) is 19.5 Å². The number of rotatable bonds is 3. The van der Waals surface area contributed by atoms with Crippen LogP contribution < -0.4 is 5.69 Å². The zero-order chi connectivity index (χ0) is 12.0. The molecule has 0 amide bonds. The molecule has 0 aromatic carbocycles. The van der Waals surface area contributed by atoms with Crippen molar-refractivity contribution in [3.8, 4) is 0 Å². The maximum Gasteiger partial charge on any atom is 0.328 e. The monoisotopic (exact) mass is 250 g/mol. The Kier molecular flexibility index (Phi) is 2.39. The summed E-state index contributed by atoms with van der Waals surface area (Å²) in [4.78, 5) is 22.3. The van der Waals surface area contributed by atoms with Crippen LogP contribution in [0.15, 0.2) is 4.79 Å². The average molecular weight is 250 g/mol. The van der Waals surface area contributed by atoms with E-state index in [1.54, 1.807) is 4.57 Å². The zero-order valence-corrected chi connectivity index (χ0v) is 10.4. The smallest absolute Gasteiger partial charge is 0.328 e. The molecule has 2 aromatic rings. The number of imidazole rings is 1. The van der Waals surface area contributed by atoms with Crippen LogP contribution in [0.2, 0.25) is 0 Å². The SMILES string of the molecule is CCCn1c(=O)[nH]c(=S)c2[nH]c(C3CC3)nc21. The Hall–Kier alpha value is -1.43. The standard InChI is InChI=1S/C11H14N4OS/c1-2-5-15-9-7(10(17)14-11(15)16)12-8(13-9)6-3-4-6/h6H,2-5H2,1H3,(H,12,13)(H,14,16,17). The minimum absolute atomic E-state index is 0.168. The number of fused-ring (bicyclic) bond motifs is 1. The molecule has 0 atom stereocenters.